The average Bonchev–Trinajstić information content (AvgIpc) is 2.67. The molecule has 7 heteroatoms. The topological polar surface area (TPSA) is 75.8 Å². The van der Waals surface area contributed by atoms with Crippen molar-refractivity contribution in [2.45, 2.75) is 57.8 Å². The van der Waals surface area contributed by atoms with Crippen LogP contribution in [0.15, 0.2) is 24.3 Å². The minimum absolute atomic E-state index is 0. The van der Waals surface area contributed by atoms with Gasteiger partial charge < -0.3 is 20.5 Å². The monoisotopic (exact) mass is 430 g/mol. The van der Waals surface area contributed by atoms with Gasteiger partial charge in [-0.1, -0.05) is 37.6 Å². The number of rotatable bonds is 5. The summed E-state index contributed by atoms with van der Waals surface area (Å²) in [4.78, 5) is 15.0. The van der Waals surface area contributed by atoms with Gasteiger partial charge >= 0.3 is 0 Å². The number of hydrogen-bond donors (Lipinski definition) is 2. The molecule has 2 aliphatic rings. The summed E-state index contributed by atoms with van der Waals surface area (Å²) in [6, 6.07) is 7.32. The van der Waals surface area contributed by atoms with E-state index in [2.05, 4.69) is 0 Å². The molecule has 158 valence electrons. The number of nitrogens with zero attached hydrogens (tertiary/aromatic N) is 1. The summed E-state index contributed by atoms with van der Waals surface area (Å²) >= 11 is 5.92. The van der Waals surface area contributed by atoms with Gasteiger partial charge in [-0.2, -0.15) is 0 Å². The molecule has 0 aromatic heterocycles. The predicted molar refractivity (Wildman–Crippen MR) is 114 cm³/mol. The number of amides is 1. The van der Waals surface area contributed by atoms with Crippen LogP contribution >= 0.6 is 24.0 Å². The second-order valence-corrected chi connectivity index (χ2v) is 8.90. The Morgan fingerprint density at radius 3 is 2.39 bits per heavy atom. The zero-order chi connectivity index (χ0) is 19.8. The second-order valence-electron chi connectivity index (χ2n) is 8.47. The summed E-state index contributed by atoms with van der Waals surface area (Å²) < 4.78 is 5.74. The first kappa shape index (κ1) is 23.4. The molecule has 28 heavy (non-hydrogen) atoms. The van der Waals surface area contributed by atoms with Crippen molar-refractivity contribution in [2.75, 3.05) is 19.7 Å². The van der Waals surface area contributed by atoms with Gasteiger partial charge in [-0.05, 0) is 43.4 Å². The van der Waals surface area contributed by atoms with Gasteiger partial charge in [0.25, 0.3) is 0 Å². The van der Waals surface area contributed by atoms with Crippen LogP contribution in [0.4, 0.5) is 0 Å². The molecule has 2 fully saturated rings. The number of piperidine rings is 1. The molecule has 3 atom stereocenters. The first-order valence-corrected chi connectivity index (χ1v) is 10.2. The number of aliphatic hydroxyl groups is 1. The zero-order valence-corrected chi connectivity index (χ0v) is 18.4. The van der Waals surface area contributed by atoms with Crippen LogP contribution in [0, 0.1) is 11.3 Å². The van der Waals surface area contributed by atoms with Crippen LogP contribution in [-0.2, 0) is 9.53 Å². The summed E-state index contributed by atoms with van der Waals surface area (Å²) in [6.07, 6.45) is 1.59. The maximum Gasteiger partial charge on any atom is 0.243 e. The fourth-order valence-corrected chi connectivity index (χ4v) is 4.56. The SMILES string of the molecule is CCOC1CC(N)(C(=O)N2CCC(C(O)c3ccc(Cl)cc3)CC2)C1(C)C.Cl. The van der Waals surface area contributed by atoms with Crippen LogP contribution in [0.25, 0.3) is 0 Å². The third-order valence-corrected chi connectivity index (χ3v) is 6.95. The standard InChI is InChI=1S/C21H31ClN2O3.ClH/c1-4-27-17-13-21(23,20(17,2)3)19(26)24-11-9-15(10-12-24)18(25)14-5-7-16(22)8-6-14;/h5-8,15,17-18,25H,4,9-13,23H2,1-3H3;1H. The third kappa shape index (κ3) is 4.05. The van der Waals surface area contributed by atoms with E-state index in [4.69, 9.17) is 22.1 Å². The van der Waals surface area contributed by atoms with E-state index in [1.54, 1.807) is 12.1 Å². The van der Waals surface area contributed by atoms with Crippen LogP contribution in [-0.4, -0.2) is 47.3 Å². The summed E-state index contributed by atoms with van der Waals surface area (Å²) in [5.41, 5.74) is 6.17. The first-order valence-electron chi connectivity index (χ1n) is 9.84. The Morgan fingerprint density at radius 2 is 1.89 bits per heavy atom. The average molecular weight is 431 g/mol. The van der Waals surface area contributed by atoms with Crippen molar-refractivity contribution in [1.82, 2.24) is 4.90 Å². The molecule has 1 saturated heterocycles. The van der Waals surface area contributed by atoms with Gasteiger partial charge in [0.1, 0.15) is 5.54 Å². The molecule has 1 amide bonds. The number of carbonyl (C=O) groups is 1. The van der Waals surface area contributed by atoms with E-state index in [1.165, 1.54) is 0 Å². The summed E-state index contributed by atoms with van der Waals surface area (Å²) in [5, 5.41) is 11.3. The molecule has 5 nitrogen and oxygen atoms in total. The van der Waals surface area contributed by atoms with Gasteiger partial charge in [0.2, 0.25) is 5.91 Å². The number of benzene rings is 1. The molecule has 3 unspecified atom stereocenters. The Kier molecular flexibility index (Phi) is 7.43. The largest absolute Gasteiger partial charge is 0.388 e. The van der Waals surface area contributed by atoms with Crippen LogP contribution in [0.5, 0.6) is 0 Å². The molecule has 0 spiro atoms. The van der Waals surface area contributed by atoms with Gasteiger partial charge in [-0.3, -0.25) is 4.79 Å². The second kappa shape index (κ2) is 8.88. The number of nitrogens with two attached hydrogens (primary N) is 1. The van der Waals surface area contributed by atoms with E-state index >= 15 is 0 Å². The predicted octanol–water partition coefficient (Wildman–Crippen LogP) is 3.57. The highest BCUT2D eigenvalue weighted by atomic mass is 35.5. The van der Waals surface area contributed by atoms with Crippen LogP contribution < -0.4 is 5.73 Å². The number of hydrogen-bond acceptors (Lipinski definition) is 4. The van der Waals surface area contributed by atoms with Crippen molar-refractivity contribution in [3.8, 4) is 0 Å². The minimum atomic E-state index is -0.867. The van der Waals surface area contributed by atoms with E-state index in [-0.39, 0.29) is 35.8 Å². The van der Waals surface area contributed by atoms with E-state index in [0.717, 1.165) is 18.4 Å². The number of carbonyl (C=O) groups excluding carboxylic acids is 1. The fraction of sp³-hybridized carbons (Fsp3) is 0.667. The molecule has 0 radical (unpaired) electrons. The van der Waals surface area contributed by atoms with Crippen LogP contribution in [0.2, 0.25) is 5.02 Å². The molecule has 1 heterocycles. The van der Waals surface area contributed by atoms with Crippen molar-refractivity contribution in [2.24, 2.45) is 17.1 Å². The summed E-state index contributed by atoms with van der Waals surface area (Å²) in [5.74, 6) is 0.150. The minimum Gasteiger partial charge on any atom is -0.388 e. The lowest BCUT2D eigenvalue weighted by molar-refractivity contribution is -0.180. The molecule has 3 N–H and O–H groups in total. The van der Waals surface area contributed by atoms with Crippen molar-refractivity contribution in [3.63, 3.8) is 0 Å². The third-order valence-electron chi connectivity index (χ3n) is 6.70. The lowest BCUT2D eigenvalue weighted by atomic mass is 9.54. The van der Waals surface area contributed by atoms with Gasteiger partial charge in [0.05, 0.1) is 12.2 Å². The molecule has 1 saturated carbocycles. The molecular weight excluding hydrogens is 399 g/mol. The number of aliphatic hydroxyl groups excluding tert-OH is 1. The molecule has 1 aliphatic carbocycles. The van der Waals surface area contributed by atoms with E-state index < -0.39 is 11.6 Å². The first-order chi connectivity index (χ1) is 12.7. The van der Waals surface area contributed by atoms with E-state index in [1.807, 2.05) is 37.8 Å². The quantitative estimate of drug-likeness (QED) is 0.748. The maximum atomic E-state index is 13.1. The molecule has 3 rings (SSSR count). The number of ether oxygens (including phenoxy) is 1. The van der Waals surface area contributed by atoms with Gasteiger partial charge in [-0.25, -0.2) is 0 Å². The highest BCUT2D eigenvalue weighted by molar-refractivity contribution is 6.30. The van der Waals surface area contributed by atoms with Gasteiger partial charge in [0, 0.05) is 36.6 Å². The highest BCUT2D eigenvalue weighted by Gasteiger charge is 2.63. The Morgan fingerprint density at radius 1 is 1.32 bits per heavy atom. The maximum absolute atomic E-state index is 13.1. The smallest absolute Gasteiger partial charge is 0.243 e. The fourth-order valence-electron chi connectivity index (χ4n) is 4.43. The number of likely N-dealkylation sites (tertiary alicyclic amines) is 1. The Balaban J connectivity index is 0.00000280. The molecule has 1 aliphatic heterocycles. The Labute approximate surface area is 179 Å². The van der Waals surface area contributed by atoms with Crippen molar-refractivity contribution < 1.29 is 14.6 Å². The molecule has 1 aromatic rings. The van der Waals surface area contributed by atoms with Crippen molar-refractivity contribution >= 4 is 29.9 Å². The Hall–Kier alpha value is -0.850. The van der Waals surface area contributed by atoms with E-state index in [0.29, 0.717) is 31.1 Å². The van der Waals surface area contributed by atoms with Crippen LogP contribution in [0.1, 0.15) is 51.7 Å². The van der Waals surface area contributed by atoms with Crippen molar-refractivity contribution in [1.29, 1.82) is 0 Å². The van der Waals surface area contributed by atoms with Crippen molar-refractivity contribution in [3.05, 3.63) is 34.9 Å². The summed E-state index contributed by atoms with van der Waals surface area (Å²) in [6.45, 7) is 7.89. The Bertz CT molecular complexity index is 675. The van der Waals surface area contributed by atoms with Crippen LogP contribution in [0.3, 0.4) is 0 Å². The molecule has 0 bridgehead atoms. The number of halogens is 2. The molecular formula is C21H32Cl2N2O3. The lowest BCUT2D eigenvalue weighted by Crippen LogP contribution is -2.76. The van der Waals surface area contributed by atoms with Gasteiger partial charge in [0.15, 0.2) is 0 Å². The highest BCUT2D eigenvalue weighted by Crippen LogP contribution is 2.51. The van der Waals surface area contributed by atoms with E-state index in [9.17, 15) is 9.90 Å². The zero-order valence-electron chi connectivity index (χ0n) is 16.9. The normalized spacial score (nSPS) is 28.2. The van der Waals surface area contributed by atoms with Gasteiger partial charge in [-0.15, -0.1) is 12.4 Å². The molecule has 1 aromatic carbocycles. The summed E-state index contributed by atoms with van der Waals surface area (Å²) in [7, 11) is 0. The lowest BCUT2D eigenvalue weighted by Gasteiger charge is -2.59.